The third kappa shape index (κ3) is 3.66. The van der Waals surface area contributed by atoms with Crippen LogP contribution < -0.4 is 15.5 Å². The average Bonchev–Trinajstić information content (AvgIpc) is 3.58. The molecule has 3 aromatic rings. The number of pyridine rings is 1. The van der Waals surface area contributed by atoms with Crippen molar-refractivity contribution in [2.75, 3.05) is 50.7 Å². The van der Waals surface area contributed by atoms with Gasteiger partial charge in [0.25, 0.3) is 11.8 Å². The quantitative estimate of drug-likeness (QED) is 0.520. The Morgan fingerprint density at radius 1 is 1.11 bits per heavy atom. The van der Waals surface area contributed by atoms with Gasteiger partial charge in [-0.05, 0) is 42.1 Å². The number of imide groups is 1. The Kier molecular flexibility index (Phi) is 5.26. The number of amides is 4. The molecule has 0 spiro atoms. The van der Waals surface area contributed by atoms with Gasteiger partial charge in [0.15, 0.2) is 11.1 Å². The van der Waals surface area contributed by atoms with E-state index in [1.807, 2.05) is 23.6 Å². The normalized spacial score (nSPS) is 23.1. The van der Waals surface area contributed by atoms with Gasteiger partial charge in [-0.15, -0.1) is 11.3 Å². The number of urea groups is 1. The number of fused-ring (bicyclic) bond motifs is 2. The smallest absolute Gasteiger partial charge is 0.322 e. The number of hydrogen-bond acceptors (Lipinski definition) is 8. The number of nitrogens with one attached hydrogen (secondary N) is 2. The number of likely N-dealkylation sites (N-methyl/N-ethyl adjacent to an activating group) is 1. The van der Waals surface area contributed by atoms with Crippen LogP contribution in [0.5, 0.6) is 0 Å². The highest BCUT2D eigenvalue weighted by molar-refractivity contribution is 7.12. The second-order valence-electron chi connectivity index (χ2n) is 9.15. The zero-order valence-electron chi connectivity index (χ0n) is 19.4. The number of furan rings is 1. The molecule has 35 heavy (non-hydrogen) atoms. The molecule has 3 aliphatic rings. The zero-order chi connectivity index (χ0) is 24.2. The summed E-state index contributed by atoms with van der Waals surface area (Å²) < 4.78 is 6.08. The Labute approximate surface area is 205 Å². The lowest BCUT2D eigenvalue weighted by Crippen LogP contribution is -2.54. The number of carbonyl (C=O) groups excluding carboxylic acids is 3. The number of piperazine rings is 1. The number of hydrogen-bond donors (Lipinski definition) is 2. The highest BCUT2D eigenvalue weighted by atomic mass is 32.1. The first-order chi connectivity index (χ1) is 17.0. The molecule has 0 radical (unpaired) electrons. The second kappa shape index (κ2) is 8.35. The number of carbonyl (C=O) groups is 3. The summed E-state index contributed by atoms with van der Waals surface area (Å²) >= 11 is 1.39. The van der Waals surface area contributed by atoms with Gasteiger partial charge in [-0.25, -0.2) is 9.78 Å². The second-order valence-corrected chi connectivity index (χ2v) is 10.1. The molecule has 10 nitrogen and oxygen atoms in total. The van der Waals surface area contributed by atoms with Crippen LogP contribution in [-0.2, 0) is 16.8 Å². The van der Waals surface area contributed by atoms with E-state index in [1.54, 1.807) is 11.0 Å². The topological polar surface area (TPSA) is 111 Å². The molecule has 0 aliphatic carbocycles. The lowest BCUT2D eigenvalue weighted by molar-refractivity contribution is -0.125. The Hall–Kier alpha value is -3.44. The maximum Gasteiger partial charge on any atom is 0.322 e. The predicted octanol–water partition coefficient (Wildman–Crippen LogP) is 1.76. The minimum absolute atomic E-state index is 0.0214. The van der Waals surface area contributed by atoms with Crippen molar-refractivity contribution >= 4 is 46.1 Å². The molecule has 6 heterocycles. The molecule has 182 valence electrons. The molecule has 3 aromatic heterocycles. The Morgan fingerprint density at radius 2 is 1.94 bits per heavy atom. The fourth-order valence-corrected chi connectivity index (χ4v) is 6.02. The lowest BCUT2D eigenvalue weighted by atomic mass is 9.94. The molecule has 6 rings (SSSR count). The van der Waals surface area contributed by atoms with Crippen molar-refractivity contribution in [2.45, 2.75) is 18.9 Å². The molecule has 2 fully saturated rings. The molecule has 1 atom stereocenters. The summed E-state index contributed by atoms with van der Waals surface area (Å²) in [4.78, 5) is 50.2. The monoisotopic (exact) mass is 494 g/mol. The van der Waals surface area contributed by atoms with Gasteiger partial charge < -0.3 is 24.4 Å². The number of aromatic nitrogens is 1. The van der Waals surface area contributed by atoms with Crippen LogP contribution in [0.15, 0.2) is 34.1 Å². The van der Waals surface area contributed by atoms with Crippen LogP contribution in [0.1, 0.15) is 27.9 Å². The highest BCUT2D eigenvalue weighted by Gasteiger charge is 2.52. The Bertz CT molecular complexity index is 1330. The summed E-state index contributed by atoms with van der Waals surface area (Å²) in [5.74, 6) is 0.437. The highest BCUT2D eigenvalue weighted by Crippen LogP contribution is 2.34. The lowest BCUT2D eigenvalue weighted by Gasteiger charge is -2.34. The van der Waals surface area contributed by atoms with Crippen LogP contribution in [0.3, 0.4) is 0 Å². The number of thiophene rings is 1. The average molecular weight is 495 g/mol. The van der Waals surface area contributed by atoms with Gasteiger partial charge in [0.1, 0.15) is 17.1 Å². The van der Waals surface area contributed by atoms with Crippen molar-refractivity contribution in [3.05, 3.63) is 45.8 Å². The first-order valence-corrected chi connectivity index (χ1v) is 12.7. The van der Waals surface area contributed by atoms with Crippen LogP contribution >= 0.6 is 11.3 Å². The van der Waals surface area contributed by atoms with E-state index in [0.29, 0.717) is 28.9 Å². The van der Waals surface area contributed by atoms with Crippen LogP contribution in [0.2, 0.25) is 0 Å². The maximum atomic E-state index is 13.1. The number of rotatable bonds is 5. The molecule has 3 aliphatic heterocycles. The van der Waals surface area contributed by atoms with Gasteiger partial charge in [-0.2, -0.15) is 0 Å². The first-order valence-electron chi connectivity index (χ1n) is 11.8. The Balaban J connectivity index is 1.32. The fourth-order valence-electron chi connectivity index (χ4n) is 5.11. The van der Waals surface area contributed by atoms with Crippen molar-refractivity contribution in [3.63, 3.8) is 0 Å². The molecule has 0 bridgehead atoms. The molecule has 1 unspecified atom stereocenters. The van der Waals surface area contributed by atoms with Crippen LogP contribution in [0.25, 0.3) is 11.1 Å². The predicted molar refractivity (Wildman–Crippen MR) is 131 cm³/mol. The zero-order valence-corrected chi connectivity index (χ0v) is 20.2. The molecule has 0 saturated carbocycles. The van der Waals surface area contributed by atoms with Gasteiger partial charge in [-0.3, -0.25) is 14.9 Å². The van der Waals surface area contributed by atoms with E-state index < -0.39 is 17.5 Å². The molecular formula is C24H26N6O4S. The summed E-state index contributed by atoms with van der Waals surface area (Å²) in [6.07, 6.45) is 0.701. The van der Waals surface area contributed by atoms with Gasteiger partial charge in [-0.1, -0.05) is 6.92 Å². The third-order valence-corrected chi connectivity index (χ3v) is 8.12. The number of anilines is 1. The van der Waals surface area contributed by atoms with Gasteiger partial charge in [0, 0.05) is 38.8 Å². The van der Waals surface area contributed by atoms with Crippen molar-refractivity contribution < 1.29 is 18.8 Å². The van der Waals surface area contributed by atoms with E-state index in [0.717, 1.165) is 44.1 Å². The molecular weight excluding hydrogens is 468 g/mol. The van der Waals surface area contributed by atoms with E-state index in [1.165, 1.54) is 11.3 Å². The Morgan fingerprint density at radius 3 is 2.69 bits per heavy atom. The first kappa shape index (κ1) is 22.1. The van der Waals surface area contributed by atoms with E-state index in [4.69, 9.17) is 9.40 Å². The molecule has 4 amide bonds. The largest absolute Gasteiger partial charge is 0.456 e. The van der Waals surface area contributed by atoms with E-state index >= 15 is 0 Å². The summed E-state index contributed by atoms with van der Waals surface area (Å²) in [6.45, 7) is 7.39. The fraction of sp³-hybridized carbons (Fsp3) is 0.417. The summed E-state index contributed by atoms with van der Waals surface area (Å²) in [5, 5.41) is 6.97. The van der Waals surface area contributed by atoms with E-state index in [9.17, 15) is 14.4 Å². The van der Waals surface area contributed by atoms with E-state index in [2.05, 4.69) is 27.4 Å². The van der Waals surface area contributed by atoms with Gasteiger partial charge in [0.05, 0.1) is 11.4 Å². The van der Waals surface area contributed by atoms with Crippen LogP contribution in [0.4, 0.5) is 10.6 Å². The minimum Gasteiger partial charge on any atom is -0.456 e. The molecule has 2 saturated heterocycles. The summed E-state index contributed by atoms with van der Waals surface area (Å²) in [7, 11) is 0. The van der Waals surface area contributed by atoms with E-state index in [-0.39, 0.29) is 18.2 Å². The van der Waals surface area contributed by atoms with Crippen LogP contribution in [-0.4, -0.2) is 78.4 Å². The molecule has 2 N–H and O–H groups in total. The van der Waals surface area contributed by atoms with Gasteiger partial charge >= 0.3 is 6.03 Å². The third-order valence-electron chi connectivity index (χ3n) is 7.17. The van der Waals surface area contributed by atoms with Crippen molar-refractivity contribution in [1.29, 1.82) is 0 Å². The summed E-state index contributed by atoms with van der Waals surface area (Å²) in [5.41, 5.74) is 0.629. The summed E-state index contributed by atoms with van der Waals surface area (Å²) in [6, 6.07) is 6.82. The standard InChI is InChI=1S/C24H26N6O4S/c1-2-28-8-10-29(11-9-28)19-4-3-17-16(25-19)13-18(34-17)24(22(32)26-23(33)27-24)14-30-7-5-15-6-12-35-20(15)21(30)31/h3-4,6,12-13H,2,5,7-11,14H2,1H3,(H2,26,27,32,33). The van der Waals surface area contributed by atoms with Crippen molar-refractivity contribution in [3.8, 4) is 0 Å². The van der Waals surface area contributed by atoms with Gasteiger partial charge in [0.2, 0.25) is 0 Å². The minimum atomic E-state index is -1.52. The van der Waals surface area contributed by atoms with Crippen molar-refractivity contribution in [1.82, 2.24) is 25.4 Å². The maximum absolute atomic E-state index is 13.1. The molecule has 11 heteroatoms. The molecule has 0 aromatic carbocycles. The SMILES string of the molecule is CCN1CCN(c2ccc3oc(C4(CN5CCc6ccsc6C5=O)NC(=O)NC4=O)cc3n2)CC1. The van der Waals surface area contributed by atoms with Crippen molar-refractivity contribution in [2.24, 2.45) is 0 Å². The number of nitrogens with zero attached hydrogens (tertiary/aromatic N) is 4. The van der Waals surface area contributed by atoms with Crippen LogP contribution in [0, 0.1) is 0 Å².